The lowest BCUT2D eigenvalue weighted by molar-refractivity contribution is -0.127. The van der Waals surface area contributed by atoms with Crippen molar-refractivity contribution in [2.24, 2.45) is 4.99 Å². The number of carbonyl (C=O) groups excluding carboxylic acids is 1. The SMILES string of the molecule is CCOCCCNC(=NCC(=O)N(C)C)NC1CCN(c2ccccn2)C1.I. The number of ether oxygens (including phenoxy) is 1. The third-order valence-corrected chi connectivity index (χ3v) is 4.34. The van der Waals surface area contributed by atoms with Crippen molar-refractivity contribution in [2.75, 3.05) is 58.4 Å². The number of nitrogens with zero attached hydrogens (tertiary/aromatic N) is 4. The molecule has 1 saturated heterocycles. The monoisotopic (exact) mass is 504 g/mol. The molecule has 1 atom stereocenters. The third kappa shape index (κ3) is 8.59. The first-order valence-corrected chi connectivity index (χ1v) is 9.59. The first-order valence-electron chi connectivity index (χ1n) is 9.59. The average molecular weight is 504 g/mol. The molecule has 0 saturated carbocycles. The molecule has 158 valence electrons. The first-order chi connectivity index (χ1) is 13.1. The predicted octanol–water partition coefficient (Wildman–Crippen LogP) is 1.33. The molecule has 0 bridgehead atoms. The Hall–Kier alpha value is -1.62. The van der Waals surface area contributed by atoms with Gasteiger partial charge in [-0.3, -0.25) is 4.79 Å². The maximum atomic E-state index is 11.9. The van der Waals surface area contributed by atoms with Gasteiger partial charge in [0, 0.05) is 59.2 Å². The molecule has 0 radical (unpaired) electrons. The Labute approximate surface area is 185 Å². The van der Waals surface area contributed by atoms with E-state index in [9.17, 15) is 4.79 Å². The molecule has 1 fully saturated rings. The zero-order valence-electron chi connectivity index (χ0n) is 17.1. The van der Waals surface area contributed by atoms with E-state index in [1.807, 2.05) is 31.3 Å². The molecular weight excluding hydrogens is 471 g/mol. The number of nitrogens with one attached hydrogen (secondary N) is 2. The highest BCUT2D eigenvalue weighted by Crippen LogP contribution is 2.17. The Kier molecular flexibility index (Phi) is 11.8. The van der Waals surface area contributed by atoms with Gasteiger partial charge < -0.3 is 25.2 Å². The Morgan fingerprint density at radius 3 is 2.93 bits per heavy atom. The second-order valence-corrected chi connectivity index (χ2v) is 6.69. The summed E-state index contributed by atoms with van der Waals surface area (Å²) in [6.07, 6.45) is 3.70. The van der Waals surface area contributed by atoms with Crippen molar-refractivity contribution in [3.8, 4) is 0 Å². The van der Waals surface area contributed by atoms with E-state index in [1.54, 1.807) is 19.0 Å². The molecule has 2 rings (SSSR count). The molecular formula is C19H33IN6O2. The van der Waals surface area contributed by atoms with Crippen LogP contribution in [0.3, 0.4) is 0 Å². The van der Waals surface area contributed by atoms with Gasteiger partial charge in [-0.05, 0) is 31.9 Å². The van der Waals surface area contributed by atoms with Crippen LogP contribution in [0, 0.1) is 0 Å². The third-order valence-electron chi connectivity index (χ3n) is 4.34. The normalized spacial score (nSPS) is 16.5. The highest BCUT2D eigenvalue weighted by Gasteiger charge is 2.24. The van der Waals surface area contributed by atoms with Crippen molar-refractivity contribution in [3.63, 3.8) is 0 Å². The van der Waals surface area contributed by atoms with E-state index in [4.69, 9.17) is 4.74 Å². The van der Waals surface area contributed by atoms with E-state index in [0.29, 0.717) is 12.6 Å². The summed E-state index contributed by atoms with van der Waals surface area (Å²) in [4.78, 5) is 24.5. The number of hydrogen-bond acceptors (Lipinski definition) is 5. The number of halogens is 1. The van der Waals surface area contributed by atoms with Gasteiger partial charge in [-0.1, -0.05) is 6.07 Å². The summed E-state index contributed by atoms with van der Waals surface area (Å²) >= 11 is 0. The summed E-state index contributed by atoms with van der Waals surface area (Å²) in [6.45, 7) is 6.11. The molecule has 0 spiro atoms. The Bertz CT molecular complexity index is 599. The van der Waals surface area contributed by atoms with E-state index in [-0.39, 0.29) is 42.5 Å². The van der Waals surface area contributed by atoms with Crippen LogP contribution >= 0.6 is 24.0 Å². The molecule has 28 heavy (non-hydrogen) atoms. The Morgan fingerprint density at radius 1 is 1.43 bits per heavy atom. The molecule has 1 aromatic heterocycles. The van der Waals surface area contributed by atoms with Crippen molar-refractivity contribution >= 4 is 41.7 Å². The zero-order valence-corrected chi connectivity index (χ0v) is 19.4. The van der Waals surface area contributed by atoms with Gasteiger partial charge >= 0.3 is 0 Å². The maximum Gasteiger partial charge on any atom is 0.243 e. The number of carbonyl (C=O) groups is 1. The van der Waals surface area contributed by atoms with E-state index in [0.717, 1.165) is 44.9 Å². The van der Waals surface area contributed by atoms with Crippen LogP contribution in [0.5, 0.6) is 0 Å². The molecule has 0 aromatic carbocycles. The minimum absolute atomic E-state index is 0. The van der Waals surface area contributed by atoms with E-state index in [1.165, 1.54) is 0 Å². The number of hydrogen-bond donors (Lipinski definition) is 2. The summed E-state index contributed by atoms with van der Waals surface area (Å²) in [6, 6.07) is 6.22. The molecule has 2 heterocycles. The molecule has 9 heteroatoms. The molecule has 1 amide bonds. The largest absolute Gasteiger partial charge is 0.382 e. The predicted molar refractivity (Wildman–Crippen MR) is 124 cm³/mol. The van der Waals surface area contributed by atoms with Crippen LogP contribution in [-0.4, -0.2) is 81.3 Å². The Morgan fingerprint density at radius 2 is 2.25 bits per heavy atom. The van der Waals surface area contributed by atoms with Gasteiger partial charge in [-0.15, -0.1) is 24.0 Å². The minimum atomic E-state index is -0.0213. The van der Waals surface area contributed by atoms with E-state index < -0.39 is 0 Å². The number of amides is 1. The number of pyridine rings is 1. The minimum Gasteiger partial charge on any atom is -0.382 e. The van der Waals surface area contributed by atoms with Crippen LogP contribution in [0.4, 0.5) is 5.82 Å². The van der Waals surface area contributed by atoms with Gasteiger partial charge in [0.15, 0.2) is 5.96 Å². The molecule has 1 aromatic rings. The topological polar surface area (TPSA) is 82.1 Å². The summed E-state index contributed by atoms with van der Waals surface area (Å²) < 4.78 is 5.37. The summed E-state index contributed by atoms with van der Waals surface area (Å²) in [5.41, 5.74) is 0. The van der Waals surface area contributed by atoms with Crippen molar-refractivity contribution in [1.82, 2.24) is 20.5 Å². The van der Waals surface area contributed by atoms with Crippen LogP contribution in [0.25, 0.3) is 0 Å². The number of likely N-dealkylation sites (N-methyl/N-ethyl adjacent to an activating group) is 1. The summed E-state index contributed by atoms with van der Waals surface area (Å²) in [5.74, 6) is 1.65. The van der Waals surface area contributed by atoms with Crippen LogP contribution in [0.2, 0.25) is 0 Å². The van der Waals surface area contributed by atoms with Gasteiger partial charge in [-0.25, -0.2) is 9.98 Å². The Balaban J connectivity index is 0.00000392. The maximum absolute atomic E-state index is 11.9. The van der Waals surface area contributed by atoms with Crippen molar-refractivity contribution in [1.29, 1.82) is 0 Å². The standard InChI is InChI=1S/C19H32N6O2.HI/c1-4-27-13-7-11-21-19(22-14-18(26)24(2)3)23-16-9-12-25(15-16)17-8-5-6-10-20-17;/h5-6,8,10,16H,4,7,9,11-15H2,1-3H3,(H2,21,22,23);1H. The molecule has 1 aliphatic heterocycles. The van der Waals surface area contributed by atoms with Gasteiger partial charge in [0.05, 0.1) is 0 Å². The number of aliphatic imine (C=N–C) groups is 1. The van der Waals surface area contributed by atoms with E-state index >= 15 is 0 Å². The van der Waals surface area contributed by atoms with Crippen molar-refractivity contribution < 1.29 is 9.53 Å². The second-order valence-electron chi connectivity index (χ2n) is 6.69. The molecule has 1 aliphatic rings. The quantitative estimate of drug-likeness (QED) is 0.229. The smallest absolute Gasteiger partial charge is 0.243 e. The second kappa shape index (κ2) is 13.5. The lowest BCUT2D eigenvalue weighted by Crippen LogP contribution is -2.45. The highest BCUT2D eigenvalue weighted by molar-refractivity contribution is 14.0. The van der Waals surface area contributed by atoms with Crippen LogP contribution < -0.4 is 15.5 Å². The number of anilines is 1. The van der Waals surface area contributed by atoms with Crippen LogP contribution in [0.1, 0.15) is 19.8 Å². The van der Waals surface area contributed by atoms with Gasteiger partial charge in [-0.2, -0.15) is 0 Å². The number of rotatable bonds is 9. The fourth-order valence-corrected chi connectivity index (χ4v) is 2.79. The number of aromatic nitrogens is 1. The lowest BCUT2D eigenvalue weighted by atomic mass is 10.3. The van der Waals surface area contributed by atoms with E-state index in [2.05, 4.69) is 25.5 Å². The fourth-order valence-electron chi connectivity index (χ4n) is 2.79. The van der Waals surface area contributed by atoms with Gasteiger partial charge in [0.25, 0.3) is 0 Å². The molecule has 1 unspecified atom stereocenters. The van der Waals surface area contributed by atoms with Gasteiger partial charge in [0.1, 0.15) is 12.4 Å². The number of guanidine groups is 1. The summed E-state index contributed by atoms with van der Waals surface area (Å²) in [5, 5.41) is 6.77. The fraction of sp³-hybridized carbons (Fsp3) is 0.632. The molecule has 8 nitrogen and oxygen atoms in total. The van der Waals surface area contributed by atoms with Crippen molar-refractivity contribution in [2.45, 2.75) is 25.8 Å². The molecule has 2 N–H and O–H groups in total. The van der Waals surface area contributed by atoms with Crippen molar-refractivity contribution in [3.05, 3.63) is 24.4 Å². The van der Waals surface area contributed by atoms with Gasteiger partial charge in [0.2, 0.25) is 5.91 Å². The lowest BCUT2D eigenvalue weighted by Gasteiger charge is -2.20. The van der Waals surface area contributed by atoms with Crippen LogP contribution in [-0.2, 0) is 9.53 Å². The average Bonchev–Trinajstić information content (AvgIpc) is 3.14. The zero-order chi connectivity index (χ0) is 19.5. The summed E-state index contributed by atoms with van der Waals surface area (Å²) in [7, 11) is 3.48. The first kappa shape index (κ1) is 24.4. The van der Waals surface area contributed by atoms with Crippen LogP contribution in [0.15, 0.2) is 29.4 Å². The molecule has 0 aliphatic carbocycles. The highest BCUT2D eigenvalue weighted by atomic mass is 127.